The lowest BCUT2D eigenvalue weighted by molar-refractivity contribution is 0.361. The highest BCUT2D eigenvalue weighted by Crippen LogP contribution is 2.29. The minimum atomic E-state index is -0.260. The summed E-state index contributed by atoms with van der Waals surface area (Å²) in [7, 11) is 0. The van der Waals surface area contributed by atoms with Gasteiger partial charge < -0.3 is 10.0 Å². The highest BCUT2D eigenvalue weighted by Gasteiger charge is 2.24. The van der Waals surface area contributed by atoms with Crippen LogP contribution in [-0.2, 0) is 6.42 Å². The molecule has 0 aliphatic carbocycles. The molecule has 4 rings (SSSR count). The minimum Gasteiger partial charge on any atom is -0.508 e. The van der Waals surface area contributed by atoms with E-state index in [1.165, 1.54) is 23.5 Å². The SMILES string of the molecule is CC1=CN2CC(O)=C(c3nnc(Cc4ccc(F)cc4)s3)N=C2C=C1. The number of amidine groups is 1. The van der Waals surface area contributed by atoms with E-state index in [1.807, 2.05) is 30.2 Å². The van der Waals surface area contributed by atoms with Crippen LogP contribution in [0.4, 0.5) is 4.39 Å². The van der Waals surface area contributed by atoms with Gasteiger partial charge in [-0.25, -0.2) is 9.38 Å². The molecule has 1 aromatic heterocycles. The van der Waals surface area contributed by atoms with Gasteiger partial charge in [0, 0.05) is 12.6 Å². The van der Waals surface area contributed by atoms with E-state index in [1.54, 1.807) is 12.1 Å². The van der Waals surface area contributed by atoms with Crippen molar-refractivity contribution < 1.29 is 9.50 Å². The molecular formula is C18H15FN4OS. The van der Waals surface area contributed by atoms with Gasteiger partial charge >= 0.3 is 0 Å². The maximum atomic E-state index is 13.0. The van der Waals surface area contributed by atoms with E-state index in [0.29, 0.717) is 23.7 Å². The van der Waals surface area contributed by atoms with E-state index >= 15 is 0 Å². The summed E-state index contributed by atoms with van der Waals surface area (Å²) in [5, 5.41) is 20.1. The van der Waals surface area contributed by atoms with E-state index in [0.717, 1.165) is 22.0 Å². The molecule has 0 spiro atoms. The zero-order valence-corrected chi connectivity index (χ0v) is 14.3. The van der Waals surface area contributed by atoms with E-state index in [-0.39, 0.29) is 11.6 Å². The molecule has 126 valence electrons. The molecular weight excluding hydrogens is 339 g/mol. The van der Waals surface area contributed by atoms with Gasteiger partial charge in [0.05, 0.1) is 6.54 Å². The summed E-state index contributed by atoms with van der Waals surface area (Å²) in [4.78, 5) is 6.42. The first-order valence-electron chi connectivity index (χ1n) is 7.79. The Bertz CT molecular complexity index is 940. The topological polar surface area (TPSA) is 61.6 Å². The van der Waals surface area contributed by atoms with Gasteiger partial charge in [0.1, 0.15) is 28.1 Å². The van der Waals surface area contributed by atoms with Gasteiger partial charge in [0.25, 0.3) is 0 Å². The predicted octanol–water partition coefficient (Wildman–Crippen LogP) is 3.68. The molecule has 0 saturated carbocycles. The van der Waals surface area contributed by atoms with Crippen LogP contribution in [0.3, 0.4) is 0 Å². The van der Waals surface area contributed by atoms with Gasteiger partial charge in [-0.3, -0.25) is 0 Å². The Hall–Kier alpha value is -2.80. The van der Waals surface area contributed by atoms with Gasteiger partial charge in [0.2, 0.25) is 0 Å². The third-order valence-electron chi connectivity index (χ3n) is 3.91. The van der Waals surface area contributed by atoms with Gasteiger partial charge in [0.15, 0.2) is 5.01 Å². The summed E-state index contributed by atoms with van der Waals surface area (Å²) in [5.74, 6) is 0.686. The zero-order valence-electron chi connectivity index (χ0n) is 13.5. The first kappa shape index (κ1) is 15.7. The lowest BCUT2D eigenvalue weighted by Crippen LogP contribution is -2.31. The van der Waals surface area contributed by atoms with Crippen molar-refractivity contribution in [1.29, 1.82) is 0 Å². The number of aromatic nitrogens is 2. The number of hydrogen-bond acceptors (Lipinski definition) is 6. The quantitative estimate of drug-likeness (QED) is 0.913. The third kappa shape index (κ3) is 3.23. The fourth-order valence-corrected chi connectivity index (χ4v) is 3.55. The molecule has 25 heavy (non-hydrogen) atoms. The predicted molar refractivity (Wildman–Crippen MR) is 95.7 cm³/mol. The van der Waals surface area contributed by atoms with Crippen molar-refractivity contribution in [3.8, 4) is 0 Å². The second-order valence-electron chi connectivity index (χ2n) is 5.90. The number of halogens is 1. The second-order valence-corrected chi connectivity index (χ2v) is 6.97. The Morgan fingerprint density at radius 3 is 2.80 bits per heavy atom. The monoisotopic (exact) mass is 354 g/mol. The van der Waals surface area contributed by atoms with Gasteiger partial charge in [-0.05, 0) is 36.3 Å². The Morgan fingerprint density at radius 2 is 2.00 bits per heavy atom. The van der Waals surface area contributed by atoms with Gasteiger partial charge in [-0.15, -0.1) is 10.2 Å². The number of benzene rings is 1. The largest absolute Gasteiger partial charge is 0.508 e. The van der Waals surface area contributed by atoms with Crippen LogP contribution in [-0.4, -0.2) is 32.6 Å². The number of aliphatic hydroxyl groups excluding tert-OH is 1. The average Bonchev–Trinajstić information content (AvgIpc) is 3.04. The first-order valence-corrected chi connectivity index (χ1v) is 8.61. The Labute approximate surface area is 148 Å². The highest BCUT2D eigenvalue weighted by molar-refractivity contribution is 7.12. The molecule has 1 aromatic carbocycles. The smallest absolute Gasteiger partial charge is 0.169 e. The zero-order chi connectivity index (χ0) is 17.4. The molecule has 0 saturated heterocycles. The Morgan fingerprint density at radius 1 is 1.20 bits per heavy atom. The van der Waals surface area contributed by atoms with Crippen molar-refractivity contribution in [3.05, 3.63) is 75.3 Å². The number of rotatable bonds is 3. The molecule has 2 aliphatic heterocycles. The number of fused-ring (bicyclic) bond motifs is 1. The molecule has 5 nitrogen and oxygen atoms in total. The molecule has 0 radical (unpaired) electrons. The normalized spacial score (nSPS) is 16.6. The summed E-state index contributed by atoms with van der Waals surface area (Å²) >= 11 is 1.38. The van der Waals surface area contributed by atoms with Crippen LogP contribution in [0.5, 0.6) is 0 Å². The standard InChI is InChI=1S/C18H15FN4OS/c1-11-2-7-15-20-17(14(24)10-23(15)9-11)18-22-21-16(25-18)8-12-3-5-13(19)6-4-12/h2-7,9,24H,8,10H2,1H3. The Kier molecular flexibility index (Phi) is 3.93. The number of hydrogen-bond donors (Lipinski definition) is 1. The fourth-order valence-electron chi connectivity index (χ4n) is 2.67. The first-order chi connectivity index (χ1) is 12.1. The third-order valence-corrected chi connectivity index (χ3v) is 4.84. The second kappa shape index (κ2) is 6.25. The maximum Gasteiger partial charge on any atom is 0.169 e. The van der Waals surface area contributed by atoms with Crippen molar-refractivity contribution in [2.45, 2.75) is 13.3 Å². The summed E-state index contributed by atoms with van der Waals surface area (Å²) in [6.07, 6.45) is 6.42. The van der Waals surface area contributed by atoms with Crippen LogP contribution in [0.1, 0.15) is 22.5 Å². The summed E-state index contributed by atoms with van der Waals surface area (Å²) < 4.78 is 13.0. The molecule has 0 bridgehead atoms. The molecule has 7 heteroatoms. The van der Waals surface area contributed by atoms with Crippen LogP contribution in [0, 0.1) is 5.82 Å². The van der Waals surface area contributed by atoms with Crippen molar-refractivity contribution in [2.24, 2.45) is 4.99 Å². The van der Waals surface area contributed by atoms with Crippen molar-refractivity contribution in [2.75, 3.05) is 6.54 Å². The lowest BCUT2D eigenvalue weighted by Gasteiger charge is -2.27. The molecule has 0 atom stereocenters. The average molecular weight is 354 g/mol. The number of aliphatic hydroxyl groups is 1. The van der Waals surface area contributed by atoms with Crippen LogP contribution < -0.4 is 0 Å². The van der Waals surface area contributed by atoms with Gasteiger partial charge in [-0.1, -0.05) is 29.5 Å². The summed E-state index contributed by atoms with van der Waals surface area (Å²) in [6.45, 7) is 2.36. The van der Waals surface area contributed by atoms with Crippen LogP contribution in [0.15, 0.2) is 58.9 Å². The molecule has 2 aromatic rings. The van der Waals surface area contributed by atoms with E-state index in [2.05, 4.69) is 15.2 Å². The molecule has 0 amide bonds. The molecule has 2 aliphatic rings. The summed E-state index contributed by atoms with van der Waals surface area (Å²) in [5.41, 5.74) is 2.53. The van der Waals surface area contributed by atoms with E-state index in [4.69, 9.17) is 0 Å². The molecule has 0 fully saturated rings. The van der Waals surface area contributed by atoms with Crippen molar-refractivity contribution >= 4 is 22.9 Å². The van der Waals surface area contributed by atoms with Crippen LogP contribution in [0.2, 0.25) is 0 Å². The van der Waals surface area contributed by atoms with Crippen LogP contribution >= 0.6 is 11.3 Å². The highest BCUT2D eigenvalue weighted by atomic mass is 32.1. The van der Waals surface area contributed by atoms with Crippen molar-refractivity contribution in [1.82, 2.24) is 15.1 Å². The number of allylic oxidation sites excluding steroid dienone is 2. The minimum absolute atomic E-state index is 0.174. The summed E-state index contributed by atoms with van der Waals surface area (Å²) in [6, 6.07) is 6.32. The Balaban J connectivity index is 1.58. The van der Waals surface area contributed by atoms with Crippen LogP contribution in [0.25, 0.3) is 5.70 Å². The lowest BCUT2D eigenvalue weighted by atomic mass is 10.2. The fraction of sp³-hybridized carbons (Fsp3) is 0.167. The van der Waals surface area contributed by atoms with E-state index < -0.39 is 0 Å². The number of aliphatic imine (C=N–C) groups is 1. The van der Waals surface area contributed by atoms with Gasteiger partial charge in [-0.2, -0.15) is 0 Å². The van der Waals surface area contributed by atoms with Crippen molar-refractivity contribution in [3.63, 3.8) is 0 Å². The maximum absolute atomic E-state index is 13.0. The molecule has 1 N–H and O–H groups in total. The number of nitrogens with zero attached hydrogens (tertiary/aromatic N) is 4. The van der Waals surface area contributed by atoms with E-state index in [9.17, 15) is 9.50 Å². The molecule has 0 unspecified atom stereocenters. The molecule has 3 heterocycles.